The molecule has 1 saturated carbocycles. The summed E-state index contributed by atoms with van der Waals surface area (Å²) in [7, 11) is 0. The van der Waals surface area contributed by atoms with Crippen molar-refractivity contribution in [1.82, 2.24) is 9.55 Å². The molecule has 0 N–H and O–H groups in total. The number of imidazole rings is 1. The van der Waals surface area contributed by atoms with Crippen molar-refractivity contribution in [3.05, 3.63) is 68.9 Å². The molecule has 0 radical (unpaired) electrons. The van der Waals surface area contributed by atoms with Crippen LogP contribution in [-0.4, -0.2) is 26.4 Å². The lowest BCUT2D eigenvalue weighted by molar-refractivity contribution is 0.353. The molecular weight excluding hydrogens is 481 g/mol. The van der Waals surface area contributed by atoms with E-state index >= 15 is 0 Å². The SMILES string of the molecule is Cc1c(C2=NCC(C3CCCCC3)S2)nc(-c2ccc(Cl)cc2Cl)n1-c1ccc(Cl)cc1. The summed E-state index contributed by atoms with van der Waals surface area (Å²) in [5.74, 6) is 1.55. The van der Waals surface area contributed by atoms with Crippen LogP contribution in [0.4, 0.5) is 0 Å². The van der Waals surface area contributed by atoms with Gasteiger partial charge in [0.15, 0.2) is 0 Å². The van der Waals surface area contributed by atoms with Crippen LogP contribution >= 0.6 is 46.6 Å². The number of halogens is 3. The fourth-order valence-electron chi connectivity index (χ4n) is 4.73. The van der Waals surface area contributed by atoms with E-state index in [1.807, 2.05) is 48.2 Å². The van der Waals surface area contributed by atoms with E-state index in [-0.39, 0.29) is 0 Å². The Kier molecular flexibility index (Phi) is 6.58. The lowest BCUT2D eigenvalue weighted by Gasteiger charge is -2.26. The predicted octanol–water partition coefficient (Wildman–Crippen LogP) is 8.25. The molecule has 2 heterocycles. The topological polar surface area (TPSA) is 30.2 Å². The lowest BCUT2D eigenvalue weighted by Crippen LogP contribution is -2.21. The van der Waals surface area contributed by atoms with E-state index in [4.69, 9.17) is 44.8 Å². The number of aliphatic imine (C=N–C) groups is 1. The molecule has 7 heteroatoms. The van der Waals surface area contributed by atoms with Crippen molar-refractivity contribution >= 4 is 51.6 Å². The Labute approximate surface area is 208 Å². The fraction of sp³-hybridized carbons (Fsp3) is 0.360. The highest BCUT2D eigenvalue weighted by atomic mass is 35.5. The smallest absolute Gasteiger partial charge is 0.147 e. The first-order valence-electron chi connectivity index (χ1n) is 11.0. The maximum Gasteiger partial charge on any atom is 0.147 e. The third-order valence-electron chi connectivity index (χ3n) is 6.42. The standard InChI is InChI=1S/C25H24Cl3N3S/c1-15-23(25-29-14-22(32-25)16-5-3-2-4-6-16)30-24(20-12-9-18(27)13-21(20)28)31(15)19-10-7-17(26)8-11-19/h7-13,16,22H,2-6,14H2,1H3. The van der Waals surface area contributed by atoms with Gasteiger partial charge >= 0.3 is 0 Å². The zero-order valence-corrected chi connectivity index (χ0v) is 20.9. The van der Waals surface area contributed by atoms with Crippen molar-refractivity contribution in [2.24, 2.45) is 10.9 Å². The molecule has 3 nitrogen and oxygen atoms in total. The lowest BCUT2D eigenvalue weighted by atomic mass is 9.87. The molecule has 1 aliphatic heterocycles. The van der Waals surface area contributed by atoms with Crippen LogP contribution in [0, 0.1) is 12.8 Å². The minimum absolute atomic E-state index is 0.563. The first kappa shape index (κ1) is 22.3. The number of nitrogens with zero attached hydrogens (tertiary/aromatic N) is 3. The Bertz CT molecular complexity index is 1160. The highest BCUT2D eigenvalue weighted by Crippen LogP contribution is 2.40. The van der Waals surface area contributed by atoms with Crippen LogP contribution in [0.1, 0.15) is 43.5 Å². The summed E-state index contributed by atoms with van der Waals surface area (Å²) in [6.07, 6.45) is 6.72. The first-order chi connectivity index (χ1) is 15.5. The molecule has 5 rings (SSSR count). The maximum atomic E-state index is 6.60. The third kappa shape index (κ3) is 4.35. The van der Waals surface area contributed by atoms with Crippen LogP contribution in [0.5, 0.6) is 0 Å². The van der Waals surface area contributed by atoms with Gasteiger partial charge < -0.3 is 0 Å². The highest BCUT2D eigenvalue weighted by molar-refractivity contribution is 8.15. The van der Waals surface area contributed by atoms with Crippen LogP contribution in [0.15, 0.2) is 47.5 Å². The zero-order chi connectivity index (χ0) is 22.2. The molecule has 0 amide bonds. The normalized spacial score (nSPS) is 19.4. The molecule has 3 aromatic rings. The molecule has 2 aromatic carbocycles. The monoisotopic (exact) mass is 503 g/mol. The predicted molar refractivity (Wildman–Crippen MR) is 138 cm³/mol. The number of hydrogen-bond donors (Lipinski definition) is 0. The van der Waals surface area contributed by atoms with E-state index in [2.05, 4.69) is 11.5 Å². The minimum atomic E-state index is 0.563. The summed E-state index contributed by atoms with van der Waals surface area (Å²) in [5, 5.41) is 3.48. The van der Waals surface area contributed by atoms with Gasteiger partial charge in [0.2, 0.25) is 0 Å². The van der Waals surface area contributed by atoms with Crippen LogP contribution in [-0.2, 0) is 0 Å². The van der Waals surface area contributed by atoms with Crippen molar-refractivity contribution in [2.75, 3.05) is 6.54 Å². The van der Waals surface area contributed by atoms with Crippen molar-refractivity contribution in [3.63, 3.8) is 0 Å². The Morgan fingerprint density at radius 2 is 1.66 bits per heavy atom. The van der Waals surface area contributed by atoms with E-state index in [9.17, 15) is 0 Å². The van der Waals surface area contributed by atoms with Gasteiger partial charge in [0.1, 0.15) is 16.6 Å². The molecule has 0 spiro atoms. The number of thioether (sulfide) groups is 1. The van der Waals surface area contributed by atoms with Gasteiger partial charge in [-0.05, 0) is 68.1 Å². The molecule has 1 aliphatic carbocycles. The van der Waals surface area contributed by atoms with Crippen molar-refractivity contribution in [1.29, 1.82) is 0 Å². The molecular formula is C25H24Cl3N3S. The second kappa shape index (κ2) is 9.42. The summed E-state index contributed by atoms with van der Waals surface area (Å²) in [6, 6.07) is 13.3. The molecule has 1 atom stereocenters. The highest BCUT2D eigenvalue weighted by Gasteiger charge is 2.32. The molecule has 0 bridgehead atoms. The summed E-state index contributed by atoms with van der Waals surface area (Å²) < 4.78 is 2.14. The van der Waals surface area contributed by atoms with Gasteiger partial charge in [-0.25, -0.2) is 4.98 Å². The van der Waals surface area contributed by atoms with Gasteiger partial charge in [-0.3, -0.25) is 9.56 Å². The first-order valence-corrected chi connectivity index (χ1v) is 13.0. The van der Waals surface area contributed by atoms with Gasteiger partial charge in [-0.1, -0.05) is 65.8 Å². The van der Waals surface area contributed by atoms with E-state index in [1.165, 1.54) is 32.1 Å². The van der Waals surface area contributed by atoms with Crippen LogP contribution in [0.3, 0.4) is 0 Å². The quantitative estimate of drug-likeness (QED) is 0.358. The van der Waals surface area contributed by atoms with Crippen molar-refractivity contribution in [2.45, 2.75) is 44.3 Å². The van der Waals surface area contributed by atoms with Gasteiger partial charge in [0.25, 0.3) is 0 Å². The Balaban J connectivity index is 1.56. The molecule has 1 aromatic heterocycles. The van der Waals surface area contributed by atoms with Crippen LogP contribution < -0.4 is 0 Å². The molecule has 1 fully saturated rings. The van der Waals surface area contributed by atoms with Gasteiger partial charge in [-0.15, -0.1) is 0 Å². The van der Waals surface area contributed by atoms with Crippen molar-refractivity contribution in [3.8, 4) is 17.1 Å². The molecule has 1 unspecified atom stereocenters. The number of rotatable bonds is 4. The number of benzene rings is 2. The number of hydrogen-bond acceptors (Lipinski definition) is 3. The summed E-state index contributed by atoms with van der Waals surface area (Å²) in [6.45, 7) is 2.98. The van der Waals surface area contributed by atoms with E-state index in [1.54, 1.807) is 6.07 Å². The Hall–Kier alpha value is -1.46. The van der Waals surface area contributed by atoms with Gasteiger partial charge in [0.05, 0.1) is 17.3 Å². The average Bonchev–Trinajstić information content (AvgIpc) is 3.40. The average molecular weight is 505 g/mol. The van der Waals surface area contributed by atoms with Crippen LogP contribution in [0.2, 0.25) is 15.1 Å². The molecule has 32 heavy (non-hydrogen) atoms. The second-order valence-corrected chi connectivity index (χ2v) is 11.0. The second-order valence-electron chi connectivity index (χ2n) is 8.51. The Morgan fingerprint density at radius 3 is 2.38 bits per heavy atom. The maximum absolute atomic E-state index is 6.60. The van der Waals surface area contributed by atoms with E-state index < -0.39 is 0 Å². The zero-order valence-electron chi connectivity index (χ0n) is 17.8. The van der Waals surface area contributed by atoms with Gasteiger partial charge in [0, 0.05) is 26.5 Å². The largest absolute Gasteiger partial charge is 0.296 e. The number of aromatic nitrogens is 2. The van der Waals surface area contributed by atoms with E-state index in [0.717, 1.165) is 46.0 Å². The molecule has 166 valence electrons. The van der Waals surface area contributed by atoms with E-state index in [0.29, 0.717) is 20.3 Å². The summed E-state index contributed by atoms with van der Waals surface area (Å²) in [5.41, 5.74) is 3.81. The van der Waals surface area contributed by atoms with Crippen molar-refractivity contribution < 1.29 is 0 Å². The molecule has 0 saturated heterocycles. The summed E-state index contributed by atoms with van der Waals surface area (Å²) >= 11 is 20.8. The Morgan fingerprint density at radius 1 is 0.938 bits per heavy atom. The minimum Gasteiger partial charge on any atom is -0.296 e. The fourth-order valence-corrected chi connectivity index (χ4v) is 6.71. The molecule has 2 aliphatic rings. The summed E-state index contributed by atoms with van der Waals surface area (Å²) in [4.78, 5) is 10.0. The third-order valence-corrected chi connectivity index (χ3v) is 8.60. The van der Waals surface area contributed by atoms with Gasteiger partial charge in [-0.2, -0.15) is 0 Å². The van der Waals surface area contributed by atoms with Crippen LogP contribution in [0.25, 0.3) is 17.1 Å².